The number of nitrogens with one attached hydrogen (secondary N) is 1. The molecule has 2 fully saturated rings. The summed E-state index contributed by atoms with van der Waals surface area (Å²) in [6.07, 6.45) is 1.92. The number of benzene rings is 2. The second-order valence-corrected chi connectivity index (χ2v) is 8.41. The summed E-state index contributed by atoms with van der Waals surface area (Å²) < 4.78 is 16.0. The molecule has 0 spiro atoms. The van der Waals surface area contributed by atoms with Crippen LogP contribution in [-0.4, -0.2) is 43.7 Å². The van der Waals surface area contributed by atoms with Crippen LogP contribution in [0.3, 0.4) is 0 Å². The average molecular weight is 422 g/mol. The van der Waals surface area contributed by atoms with Crippen molar-refractivity contribution in [3.8, 4) is 17.2 Å². The molecule has 1 saturated carbocycles. The molecular formula is C24H26N2O5. The monoisotopic (exact) mass is 422 g/mol. The Hall–Kier alpha value is -3.22. The molecule has 0 aromatic heterocycles. The number of amides is 2. The molecular weight excluding hydrogens is 396 g/mol. The van der Waals surface area contributed by atoms with Crippen LogP contribution in [0, 0.1) is 11.8 Å². The summed E-state index contributed by atoms with van der Waals surface area (Å²) in [7, 11) is 1.63. The van der Waals surface area contributed by atoms with Gasteiger partial charge in [0, 0.05) is 31.5 Å². The van der Waals surface area contributed by atoms with Crippen molar-refractivity contribution in [2.45, 2.75) is 25.3 Å². The standard InChI is InChI=1S/C24H26N2O5/c1-29-18-7-5-16(6-8-18)19-12-26(24(28)17-3-4-17)13-20(19)23(27)25-11-15-2-9-21-22(10-15)31-14-30-21/h2,5-10,17,19-20H,3-4,11-14H2,1H3,(H,25,27)/t19-,20-/m0/s1. The van der Waals surface area contributed by atoms with Gasteiger partial charge in [-0.3, -0.25) is 9.59 Å². The van der Waals surface area contributed by atoms with E-state index in [-0.39, 0.29) is 36.4 Å². The lowest BCUT2D eigenvalue weighted by molar-refractivity contribution is -0.132. The number of hydrogen-bond acceptors (Lipinski definition) is 5. The molecule has 5 rings (SSSR count). The number of nitrogens with zero attached hydrogens (tertiary/aromatic N) is 1. The van der Waals surface area contributed by atoms with Gasteiger partial charge >= 0.3 is 0 Å². The summed E-state index contributed by atoms with van der Waals surface area (Å²) in [4.78, 5) is 27.7. The van der Waals surface area contributed by atoms with Crippen molar-refractivity contribution in [3.05, 3.63) is 53.6 Å². The first-order valence-corrected chi connectivity index (χ1v) is 10.7. The van der Waals surface area contributed by atoms with Crippen LogP contribution in [0.4, 0.5) is 0 Å². The van der Waals surface area contributed by atoms with E-state index in [4.69, 9.17) is 14.2 Å². The van der Waals surface area contributed by atoms with Crippen molar-refractivity contribution in [2.24, 2.45) is 11.8 Å². The van der Waals surface area contributed by atoms with Gasteiger partial charge in [0.1, 0.15) is 5.75 Å². The fraction of sp³-hybridized carbons (Fsp3) is 0.417. The van der Waals surface area contributed by atoms with Gasteiger partial charge < -0.3 is 24.4 Å². The highest BCUT2D eigenvalue weighted by Crippen LogP contribution is 2.38. The summed E-state index contributed by atoms with van der Waals surface area (Å²) in [5.74, 6) is 2.16. The van der Waals surface area contributed by atoms with Crippen molar-refractivity contribution >= 4 is 11.8 Å². The van der Waals surface area contributed by atoms with Crippen LogP contribution in [-0.2, 0) is 16.1 Å². The van der Waals surface area contributed by atoms with Crippen LogP contribution in [0.5, 0.6) is 17.2 Å². The van der Waals surface area contributed by atoms with Gasteiger partial charge in [-0.2, -0.15) is 0 Å². The second kappa shape index (κ2) is 8.13. The van der Waals surface area contributed by atoms with Gasteiger partial charge in [-0.05, 0) is 48.2 Å². The molecule has 0 bridgehead atoms. The second-order valence-electron chi connectivity index (χ2n) is 8.41. The molecule has 2 amide bonds. The van der Waals surface area contributed by atoms with Crippen molar-refractivity contribution in [1.29, 1.82) is 0 Å². The smallest absolute Gasteiger partial charge is 0.231 e. The Morgan fingerprint density at radius 3 is 2.58 bits per heavy atom. The molecule has 2 atom stereocenters. The molecule has 3 aliphatic rings. The molecule has 2 aromatic rings. The van der Waals surface area contributed by atoms with Gasteiger partial charge in [0.05, 0.1) is 13.0 Å². The SMILES string of the molecule is COc1ccc([C@@H]2CN(C(=O)C3CC3)C[C@@H]2C(=O)NCc2ccc3c(c2)OCO3)cc1. The largest absolute Gasteiger partial charge is 0.497 e. The fourth-order valence-electron chi connectivity index (χ4n) is 4.40. The Labute approximate surface area is 181 Å². The molecule has 7 nitrogen and oxygen atoms in total. The van der Waals surface area contributed by atoms with Crippen molar-refractivity contribution < 1.29 is 23.8 Å². The first kappa shape index (κ1) is 19.7. The van der Waals surface area contributed by atoms with E-state index in [1.54, 1.807) is 7.11 Å². The van der Waals surface area contributed by atoms with E-state index in [2.05, 4.69) is 5.32 Å². The van der Waals surface area contributed by atoms with Gasteiger partial charge in [0.25, 0.3) is 0 Å². The molecule has 0 radical (unpaired) electrons. The summed E-state index contributed by atoms with van der Waals surface area (Å²) in [6, 6.07) is 13.5. The lowest BCUT2D eigenvalue weighted by atomic mass is 9.88. The summed E-state index contributed by atoms with van der Waals surface area (Å²) in [6.45, 7) is 1.66. The fourth-order valence-corrected chi connectivity index (χ4v) is 4.40. The number of methoxy groups -OCH3 is 1. The Bertz CT molecular complexity index is 986. The number of carbonyl (C=O) groups excluding carboxylic acids is 2. The third-order valence-corrected chi connectivity index (χ3v) is 6.34. The van der Waals surface area contributed by atoms with E-state index in [9.17, 15) is 9.59 Å². The van der Waals surface area contributed by atoms with Crippen LogP contribution in [0.15, 0.2) is 42.5 Å². The zero-order chi connectivity index (χ0) is 21.4. The molecule has 1 saturated heterocycles. The molecule has 1 aliphatic carbocycles. The molecule has 1 N–H and O–H groups in total. The number of rotatable bonds is 6. The normalized spacial score (nSPS) is 21.8. The zero-order valence-electron chi connectivity index (χ0n) is 17.5. The molecule has 31 heavy (non-hydrogen) atoms. The van der Waals surface area contributed by atoms with Crippen LogP contribution >= 0.6 is 0 Å². The van der Waals surface area contributed by atoms with Gasteiger partial charge in [-0.25, -0.2) is 0 Å². The maximum absolute atomic E-state index is 13.2. The van der Waals surface area contributed by atoms with Crippen molar-refractivity contribution in [2.75, 3.05) is 27.0 Å². The minimum absolute atomic E-state index is 0.0367. The molecule has 7 heteroatoms. The van der Waals surface area contributed by atoms with E-state index in [1.165, 1.54) is 0 Å². The molecule has 2 heterocycles. The maximum Gasteiger partial charge on any atom is 0.231 e. The van der Waals surface area contributed by atoms with Gasteiger partial charge in [0.15, 0.2) is 11.5 Å². The first-order chi connectivity index (χ1) is 15.1. The summed E-state index contributed by atoms with van der Waals surface area (Å²) in [5.41, 5.74) is 2.00. The van der Waals surface area contributed by atoms with Gasteiger partial charge in [-0.1, -0.05) is 18.2 Å². The lowest BCUT2D eigenvalue weighted by Crippen LogP contribution is -2.35. The first-order valence-electron chi connectivity index (χ1n) is 10.7. The number of hydrogen-bond donors (Lipinski definition) is 1. The summed E-state index contributed by atoms with van der Waals surface area (Å²) >= 11 is 0. The number of likely N-dealkylation sites (tertiary alicyclic amines) is 1. The Morgan fingerprint density at radius 1 is 1.06 bits per heavy atom. The van der Waals surface area contributed by atoms with Crippen LogP contribution in [0.25, 0.3) is 0 Å². The molecule has 0 unspecified atom stereocenters. The van der Waals surface area contributed by atoms with Crippen LogP contribution in [0.2, 0.25) is 0 Å². The molecule has 2 aliphatic heterocycles. The van der Waals surface area contributed by atoms with Gasteiger partial charge in [-0.15, -0.1) is 0 Å². The minimum atomic E-state index is -0.287. The van der Waals surface area contributed by atoms with E-state index >= 15 is 0 Å². The Kier molecular flexibility index (Phi) is 5.18. The predicted molar refractivity (Wildman–Crippen MR) is 113 cm³/mol. The van der Waals surface area contributed by atoms with Gasteiger partial charge in [0.2, 0.25) is 18.6 Å². The highest BCUT2D eigenvalue weighted by atomic mass is 16.7. The zero-order valence-corrected chi connectivity index (χ0v) is 17.5. The molecule has 162 valence electrons. The van der Waals surface area contributed by atoms with E-state index in [1.807, 2.05) is 47.4 Å². The Morgan fingerprint density at radius 2 is 1.84 bits per heavy atom. The Balaban J connectivity index is 1.30. The van der Waals surface area contributed by atoms with E-state index in [0.29, 0.717) is 25.4 Å². The minimum Gasteiger partial charge on any atom is -0.497 e. The topological polar surface area (TPSA) is 77.1 Å². The molecule has 2 aromatic carbocycles. The lowest BCUT2D eigenvalue weighted by Gasteiger charge is -2.18. The number of carbonyl (C=O) groups is 2. The quantitative estimate of drug-likeness (QED) is 0.775. The highest BCUT2D eigenvalue weighted by Gasteiger charge is 2.43. The predicted octanol–water partition coefficient (Wildman–Crippen LogP) is 2.69. The average Bonchev–Trinajstić information content (AvgIpc) is 3.38. The maximum atomic E-state index is 13.2. The third kappa shape index (κ3) is 4.04. The van der Waals surface area contributed by atoms with E-state index in [0.717, 1.165) is 35.5 Å². The van der Waals surface area contributed by atoms with Crippen molar-refractivity contribution in [3.63, 3.8) is 0 Å². The summed E-state index contributed by atoms with van der Waals surface area (Å²) in [5, 5.41) is 3.06. The number of ether oxygens (including phenoxy) is 3. The third-order valence-electron chi connectivity index (χ3n) is 6.34. The van der Waals surface area contributed by atoms with Crippen molar-refractivity contribution in [1.82, 2.24) is 10.2 Å². The number of fused-ring (bicyclic) bond motifs is 1. The van der Waals surface area contributed by atoms with Crippen LogP contribution in [0.1, 0.15) is 29.9 Å². The highest BCUT2D eigenvalue weighted by molar-refractivity contribution is 5.85. The van der Waals surface area contributed by atoms with Crippen LogP contribution < -0.4 is 19.5 Å². The van der Waals surface area contributed by atoms with E-state index < -0.39 is 0 Å².